The molecule has 4 rings (SSSR count). The van der Waals surface area contributed by atoms with Crippen LogP contribution in [0.25, 0.3) is 5.52 Å². The van der Waals surface area contributed by atoms with Crippen LogP contribution < -0.4 is 5.32 Å². The van der Waals surface area contributed by atoms with Gasteiger partial charge in [0.05, 0.1) is 16.8 Å². The molecule has 0 atom stereocenters. The summed E-state index contributed by atoms with van der Waals surface area (Å²) in [5.41, 5.74) is 3.57. The minimum absolute atomic E-state index is 0.0855. The number of carboxylic acid groups (broad SMARTS) is 1. The lowest BCUT2D eigenvalue weighted by atomic mass is 10.0. The Labute approximate surface area is 194 Å². The SMILES string of the molecule is CCc1cc2cc(C(=O)O)ccn2c1C(=O)c1ccc(C#CC(C)(C)NC2CCCC2)cc1. The molecule has 0 bridgehead atoms. The minimum atomic E-state index is -0.983. The number of nitrogens with one attached hydrogen (secondary N) is 1. The third-order valence-corrected chi connectivity index (χ3v) is 6.28. The highest BCUT2D eigenvalue weighted by Gasteiger charge is 2.23. The fourth-order valence-electron chi connectivity index (χ4n) is 4.58. The molecule has 5 heteroatoms. The average Bonchev–Trinajstić information content (AvgIpc) is 3.43. The van der Waals surface area contributed by atoms with Gasteiger partial charge in [0.2, 0.25) is 5.78 Å². The Morgan fingerprint density at radius 2 is 1.79 bits per heavy atom. The van der Waals surface area contributed by atoms with E-state index in [4.69, 9.17) is 0 Å². The van der Waals surface area contributed by atoms with Gasteiger partial charge in [0.1, 0.15) is 0 Å². The number of carboxylic acids is 1. The molecule has 170 valence electrons. The predicted octanol–water partition coefficient (Wildman–Crippen LogP) is 5.09. The zero-order chi connectivity index (χ0) is 23.6. The molecule has 1 aliphatic carbocycles. The van der Waals surface area contributed by atoms with E-state index >= 15 is 0 Å². The number of hydrogen-bond acceptors (Lipinski definition) is 3. The van der Waals surface area contributed by atoms with Gasteiger partial charge < -0.3 is 9.51 Å². The number of ketones is 1. The van der Waals surface area contributed by atoms with Crippen molar-refractivity contribution in [2.45, 2.75) is 64.5 Å². The Morgan fingerprint density at radius 3 is 2.42 bits per heavy atom. The van der Waals surface area contributed by atoms with Crippen molar-refractivity contribution >= 4 is 17.3 Å². The van der Waals surface area contributed by atoms with Crippen LogP contribution in [0.1, 0.15) is 84.0 Å². The number of pyridine rings is 1. The predicted molar refractivity (Wildman–Crippen MR) is 130 cm³/mol. The number of rotatable bonds is 6. The summed E-state index contributed by atoms with van der Waals surface area (Å²) < 4.78 is 1.78. The van der Waals surface area contributed by atoms with E-state index in [2.05, 4.69) is 31.0 Å². The number of fused-ring (bicyclic) bond motifs is 1. The molecule has 2 heterocycles. The fraction of sp³-hybridized carbons (Fsp3) is 0.357. The third kappa shape index (κ3) is 5.02. The number of aromatic carboxylic acids is 1. The van der Waals surface area contributed by atoms with Crippen LogP contribution in [-0.2, 0) is 6.42 Å². The van der Waals surface area contributed by atoms with E-state index in [1.54, 1.807) is 16.7 Å². The number of aromatic nitrogens is 1. The first-order chi connectivity index (χ1) is 15.8. The van der Waals surface area contributed by atoms with Gasteiger partial charge in [-0.25, -0.2) is 4.79 Å². The smallest absolute Gasteiger partial charge is 0.335 e. The summed E-state index contributed by atoms with van der Waals surface area (Å²) in [6.45, 7) is 6.20. The van der Waals surface area contributed by atoms with E-state index < -0.39 is 5.97 Å². The van der Waals surface area contributed by atoms with Crippen molar-refractivity contribution in [1.29, 1.82) is 0 Å². The van der Waals surface area contributed by atoms with E-state index in [1.165, 1.54) is 31.7 Å². The molecule has 33 heavy (non-hydrogen) atoms. The lowest BCUT2D eigenvalue weighted by Crippen LogP contribution is -2.43. The van der Waals surface area contributed by atoms with Crippen LogP contribution in [0.5, 0.6) is 0 Å². The van der Waals surface area contributed by atoms with Crippen molar-refractivity contribution in [3.63, 3.8) is 0 Å². The van der Waals surface area contributed by atoms with E-state index in [0.29, 0.717) is 29.2 Å². The molecule has 1 fully saturated rings. The lowest BCUT2D eigenvalue weighted by Gasteiger charge is -2.24. The Kier molecular flexibility index (Phi) is 6.40. The number of aryl methyl sites for hydroxylation is 1. The molecular formula is C28H30N2O3. The Bertz CT molecular complexity index is 1250. The number of carbonyl (C=O) groups is 2. The first kappa shape index (κ1) is 22.8. The summed E-state index contributed by atoms with van der Waals surface area (Å²) >= 11 is 0. The molecule has 3 aromatic rings. The monoisotopic (exact) mass is 442 g/mol. The van der Waals surface area contributed by atoms with Crippen LogP contribution in [0.4, 0.5) is 0 Å². The molecule has 1 aromatic carbocycles. The second-order valence-electron chi connectivity index (χ2n) is 9.29. The zero-order valence-corrected chi connectivity index (χ0v) is 19.4. The number of nitrogens with zero attached hydrogens (tertiary/aromatic N) is 1. The standard InChI is InChI=1S/C28H30N2O3/c1-4-20-17-24-18-22(27(32)33)14-16-30(24)25(20)26(31)21-11-9-19(10-12-21)13-15-28(2,3)29-23-7-5-6-8-23/h9-12,14,16-18,23,29H,4-8H2,1-3H3,(H,32,33). The summed E-state index contributed by atoms with van der Waals surface area (Å²) in [5, 5.41) is 12.9. The van der Waals surface area contributed by atoms with Crippen LogP contribution >= 0.6 is 0 Å². The topological polar surface area (TPSA) is 70.8 Å². The lowest BCUT2D eigenvalue weighted by molar-refractivity contribution is 0.0696. The van der Waals surface area contributed by atoms with Gasteiger partial charge in [0.25, 0.3) is 0 Å². The second-order valence-corrected chi connectivity index (χ2v) is 9.29. The molecule has 0 radical (unpaired) electrons. The van der Waals surface area contributed by atoms with Gasteiger partial charge in [-0.2, -0.15) is 0 Å². The van der Waals surface area contributed by atoms with E-state index in [1.807, 2.05) is 37.3 Å². The molecule has 0 aliphatic heterocycles. The highest BCUT2D eigenvalue weighted by molar-refractivity contribution is 6.09. The van der Waals surface area contributed by atoms with Crippen LogP contribution in [-0.4, -0.2) is 32.8 Å². The number of carbonyl (C=O) groups excluding carboxylic acids is 1. The molecular weight excluding hydrogens is 412 g/mol. The molecule has 5 nitrogen and oxygen atoms in total. The van der Waals surface area contributed by atoms with Crippen molar-refractivity contribution in [1.82, 2.24) is 9.72 Å². The fourth-order valence-corrected chi connectivity index (χ4v) is 4.58. The molecule has 0 spiro atoms. The summed E-state index contributed by atoms with van der Waals surface area (Å²) in [5.74, 6) is 5.51. The van der Waals surface area contributed by atoms with Crippen molar-refractivity contribution in [3.05, 3.63) is 76.6 Å². The summed E-state index contributed by atoms with van der Waals surface area (Å²) in [4.78, 5) is 24.7. The maximum Gasteiger partial charge on any atom is 0.335 e. The van der Waals surface area contributed by atoms with Crippen molar-refractivity contribution in [2.75, 3.05) is 0 Å². The Balaban J connectivity index is 1.57. The molecule has 1 saturated carbocycles. The van der Waals surface area contributed by atoms with Gasteiger partial charge in [-0.1, -0.05) is 31.6 Å². The van der Waals surface area contributed by atoms with Crippen LogP contribution in [0, 0.1) is 11.8 Å². The molecule has 0 amide bonds. The van der Waals surface area contributed by atoms with Crippen LogP contribution in [0.3, 0.4) is 0 Å². The first-order valence-corrected chi connectivity index (χ1v) is 11.6. The van der Waals surface area contributed by atoms with Gasteiger partial charge >= 0.3 is 5.97 Å². The summed E-state index contributed by atoms with van der Waals surface area (Å²) in [6, 6.07) is 12.9. The van der Waals surface area contributed by atoms with Gasteiger partial charge in [0, 0.05) is 28.9 Å². The summed E-state index contributed by atoms with van der Waals surface area (Å²) in [7, 11) is 0. The van der Waals surface area contributed by atoms with E-state index in [0.717, 1.165) is 11.1 Å². The maximum atomic E-state index is 13.4. The van der Waals surface area contributed by atoms with Crippen LogP contribution in [0.2, 0.25) is 0 Å². The number of hydrogen-bond donors (Lipinski definition) is 2. The first-order valence-electron chi connectivity index (χ1n) is 11.6. The van der Waals surface area contributed by atoms with Gasteiger partial charge in [-0.3, -0.25) is 10.1 Å². The highest BCUT2D eigenvalue weighted by atomic mass is 16.4. The molecule has 0 saturated heterocycles. The molecule has 2 aromatic heterocycles. The minimum Gasteiger partial charge on any atom is -0.478 e. The average molecular weight is 443 g/mol. The maximum absolute atomic E-state index is 13.4. The van der Waals surface area contributed by atoms with Crippen LogP contribution in [0.15, 0.2) is 48.7 Å². The normalized spacial score (nSPS) is 14.3. The number of benzene rings is 1. The Hall–Kier alpha value is -3.36. The van der Waals surface area contributed by atoms with Crippen molar-refractivity contribution in [3.8, 4) is 11.8 Å². The van der Waals surface area contributed by atoms with E-state index in [-0.39, 0.29) is 16.9 Å². The summed E-state index contributed by atoms with van der Waals surface area (Å²) in [6.07, 6.45) is 7.34. The second kappa shape index (κ2) is 9.25. The van der Waals surface area contributed by atoms with Gasteiger partial charge in [0.15, 0.2) is 0 Å². The highest BCUT2D eigenvalue weighted by Crippen LogP contribution is 2.23. The Morgan fingerprint density at radius 1 is 1.09 bits per heavy atom. The quantitative estimate of drug-likeness (QED) is 0.412. The largest absolute Gasteiger partial charge is 0.478 e. The van der Waals surface area contributed by atoms with Gasteiger partial charge in [-0.15, -0.1) is 0 Å². The molecule has 0 unspecified atom stereocenters. The third-order valence-electron chi connectivity index (χ3n) is 6.28. The zero-order valence-electron chi connectivity index (χ0n) is 19.4. The van der Waals surface area contributed by atoms with Crippen molar-refractivity contribution in [2.24, 2.45) is 0 Å². The van der Waals surface area contributed by atoms with E-state index in [9.17, 15) is 14.7 Å². The molecule has 1 aliphatic rings. The van der Waals surface area contributed by atoms with Crippen molar-refractivity contribution < 1.29 is 14.7 Å². The molecule has 2 N–H and O–H groups in total. The van der Waals surface area contributed by atoms with Gasteiger partial charge in [-0.05, 0) is 81.1 Å².